The molecule has 0 atom stereocenters. The standard InChI is InChI=1S/C14H17N3OS/c1-11-2-4-13(5-3-11)19-7-6-14(18)15-8-12-9-16-17-10-12/h2-5,9-10H,6-8H2,1H3,(H,15,18)(H,16,17). The summed E-state index contributed by atoms with van der Waals surface area (Å²) >= 11 is 1.70. The van der Waals surface area contributed by atoms with E-state index in [0.29, 0.717) is 13.0 Å². The van der Waals surface area contributed by atoms with Gasteiger partial charge in [0, 0.05) is 35.4 Å². The third-order valence-corrected chi connectivity index (χ3v) is 3.68. The number of amides is 1. The van der Waals surface area contributed by atoms with Gasteiger partial charge in [0.1, 0.15) is 0 Å². The van der Waals surface area contributed by atoms with E-state index in [-0.39, 0.29) is 5.91 Å². The Kier molecular flexibility index (Phi) is 5.03. The van der Waals surface area contributed by atoms with Crippen molar-refractivity contribution in [2.24, 2.45) is 0 Å². The number of nitrogens with zero attached hydrogens (tertiary/aromatic N) is 1. The lowest BCUT2D eigenvalue weighted by molar-refractivity contribution is -0.120. The van der Waals surface area contributed by atoms with Crippen molar-refractivity contribution >= 4 is 17.7 Å². The van der Waals surface area contributed by atoms with Crippen molar-refractivity contribution in [3.05, 3.63) is 47.8 Å². The summed E-state index contributed by atoms with van der Waals surface area (Å²) in [7, 11) is 0. The van der Waals surface area contributed by atoms with Crippen LogP contribution in [0.3, 0.4) is 0 Å². The summed E-state index contributed by atoms with van der Waals surface area (Å²) in [6.45, 7) is 2.60. The molecule has 0 bridgehead atoms. The molecular formula is C14H17N3OS. The van der Waals surface area contributed by atoms with E-state index < -0.39 is 0 Å². The highest BCUT2D eigenvalue weighted by atomic mass is 32.2. The minimum atomic E-state index is 0.0702. The summed E-state index contributed by atoms with van der Waals surface area (Å²) in [6, 6.07) is 8.34. The molecule has 0 aliphatic carbocycles. The van der Waals surface area contributed by atoms with E-state index in [0.717, 1.165) is 11.3 Å². The largest absolute Gasteiger partial charge is 0.352 e. The SMILES string of the molecule is Cc1ccc(SCCC(=O)NCc2cn[nH]c2)cc1. The molecule has 0 spiro atoms. The molecular weight excluding hydrogens is 258 g/mol. The van der Waals surface area contributed by atoms with Crippen molar-refractivity contribution in [2.45, 2.75) is 24.8 Å². The van der Waals surface area contributed by atoms with Gasteiger partial charge in [0.15, 0.2) is 0 Å². The zero-order chi connectivity index (χ0) is 13.5. The van der Waals surface area contributed by atoms with Crippen LogP contribution in [0.5, 0.6) is 0 Å². The number of hydrogen-bond acceptors (Lipinski definition) is 3. The molecule has 1 aromatic carbocycles. The Bertz CT molecular complexity index is 508. The van der Waals surface area contributed by atoms with Crippen molar-refractivity contribution < 1.29 is 4.79 Å². The van der Waals surface area contributed by atoms with Gasteiger partial charge in [-0.25, -0.2) is 0 Å². The van der Waals surface area contributed by atoms with Gasteiger partial charge in [-0.3, -0.25) is 9.89 Å². The molecule has 0 saturated heterocycles. The smallest absolute Gasteiger partial charge is 0.221 e. The summed E-state index contributed by atoms with van der Waals surface area (Å²) in [5, 5.41) is 9.41. The van der Waals surface area contributed by atoms with E-state index in [4.69, 9.17) is 0 Å². The van der Waals surface area contributed by atoms with Gasteiger partial charge in [0.25, 0.3) is 0 Å². The maximum absolute atomic E-state index is 11.6. The van der Waals surface area contributed by atoms with Crippen molar-refractivity contribution in [1.82, 2.24) is 15.5 Å². The zero-order valence-electron chi connectivity index (χ0n) is 10.8. The van der Waals surface area contributed by atoms with Crippen molar-refractivity contribution in [3.63, 3.8) is 0 Å². The lowest BCUT2D eigenvalue weighted by atomic mass is 10.2. The maximum Gasteiger partial charge on any atom is 0.221 e. The first-order valence-corrected chi connectivity index (χ1v) is 7.16. The first-order chi connectivity index (χ1) is 9.24. The topological polar surface area (TPSA) is 57.8 Å². The van der Waals surface area contributed by atoms with Gasteiger partial charge in [-0.2, -0.15) is 5.10 Å². The Morgan fingerprint density at radius 3 is 2.84 bits per heavy atom. The van der Waals surface area contributed by atoms with Crippen molar-refractivity contribution in [2.75, 3.05) is 5.75 Å². The van der Waals surface area contributed by atoms with E-state index in [1.54, 1.807) is 24.2 Å². The molecule has 0 radical (unpaired) electrons. The number of hydrogen-bond donors (Lipinski definition) is 2. The molecule has 4 nitrogen and oxygen atoms in total. The number of aryl methyl sites for hydroxylation is 1. The maximum atomic E-state index is 11.6. The van der Waals surface area contributed by atoms with Crippen LogP contribution in [0, 0.1) is 6.92 Å². The lowest BCUT2D eigenvalue weighted by Crippen LogP contribution is -2.22. The third-order valence-electron chi connectivity index (χ3n) is 2.66. The number of aromatic nitrogens is 2. The van der Waals surface area contributed by atoms with E-state index in [2.05, 4.69) is 46.7 Å². The lowest BCUT2D eigenvalue weighted by Gasteiger charge is -2.04. The second-order valence-electron chi connectivity index (χ2n) is 4.29. The highest BCUT2D eigenvalue weighted by Gasteiger charge is 2.02. The Hall–Kier alpha value is -1.75. The molecule has 19 heavy (non-hydrogen) atoms. The number of H-pyrrole nitrogens is 1. The second kappa shape index (κ2) is 6.99. The summed E-state index contributed by atoms with van der Waals surface area (Å²) in [6.07, 6.45) is 4.01. The molecule has 1 amide bonds. The van der Waals surface area contributed by atoms with E-state index in [1.165, 1.54) is 10.5 Å². The number of carbonyl (C=O) groups excluding carboxylic acids is 1. The van der Waals surface area contributed by atoms with Crippen LogP contribution in [0.4, 0.5) is 0 Å². The van der Waals surface area contributed by atoms with Gasteiger partial charge in [-0.15, -0.1) is 11.8 Å². The van der Waals surface area contributed by atoms with Crippen LogP contribution in [0.15, 0.2) is 41.6 Å². The Balaban J connectivity index is 1.65. The highest BCUT2D eigenvalue weighted by molar-refractivity contribution is 7.99. The molecule has 1 aromatic heterocycles. The number of carbonyl (C=O) groups is 1. The van der Waals surface area contributed by atoms with Crippen molar-refractivity contribution in [3.8, 4) is 0 Å². The average Bonchev–Trinajstić information content (AvgIpc) is 2.92. The average molecular weight is 275 g/mol. The Labute approximate surface area is 117 Å². The Morgan fingerprint density at radius 1 is 1.37 bits per heavy atom. The van der Waals surface area contributed by atoms with Crippen molar-refractivity contribution in [1.29, 1.82) is 0 Å². The molecule has 1 heterocycles. The quantitative estimate of drug-likeness (QED) is 0.796. The van der Waals surface area contributed by atoms with Gasteiger partial charge >= 0.3 is 0 Å². The summed E-state index contributed by atoms with van der Waals surface area (Å²) in [5.74, 6) is 0.862. The molecule has 0 aliphatic rings. The van der Waals surface area contributed by atoms with Gasteiger partial charge < -0.3 is 5.32 Å². The number of thioether (sulfide) groups is 1. The van der Waals surface area contributed by atoms with Gasteiger partial charge in [0.2, 0.25) is 5.91 Å². The third kappa shape index (κ3) is 4.79. The molecule has 5 heteroatoms. The summed E-state index contributed by atoms with van der Waals surface area (Å²) in [4.78, 5) is 12.8. The van der Waals surface area contributed by atoms with Crippen LogP contribution in [0.1, 0.15) is 17.5 Å². The van der Waals surface area contributed by atoms with Gasteiger partial charge in [0.05, 0.1) is 6.20 Å². The van der Waals surface area contributed by atoms with Crippen LogP contribution in [-0.4, -0.2) is 21.9 Å². The monoisotopic (exact) mass is 275 g/mol. The van der Waals surface area contributed by atoms with Gasteiger partial charge in [-0.05, 0) is 19.1 Å². The predicted octanol–water partition coefficient (Wildman–Crippen LogP) is 2.52. The Morgan fingerprint density at radius 2 is 2.16 bits per heavy atom. The van der Waals surface area contributed by atoms with Crippen LogP contribution >= 0.6 is 11.8 Å². The molecule has 2 N–H and O–H groups in total. The fourth-order valence-corrected chi connectivity index (χ4v) is 2.41. The molecule has 2 rings (SSSR count). The number of nitrogens with one attached hydrogen (secondary N) is 2. The summed E-state index contributed by atoms with van der Waals surface area (Å²) < 4.78 is 0. The zero-order valence-corrected chi connectivity index (χ0v) is 11.7. The molecule has 2 aromatic rings. The normalized spacial score (nSPS) is 10.4. The number of aromatic amines is 1. The number of rotatable bonds is 6. The predicted molar refractivity (Wildman–Crippen MR) is 77.0 cm³/mol. The number of benzene rings is 1. The van der Waals surface area contributed by atoms with Gasteiger partial charge in [-0.1, -0.05) is 17.7 Å². The molecule has 0 fully saturated rings. The first-order valence-electron chi connectivity index (χ1n) is 6.18. The van der Waals surface area contributed by atoms with E-state index >= 15 is 0 Å². The molecule has 0 unspecified atom stereocenters. The minimum absolute atomic E-state index is 0.0702. The molecule has 0 saturated carbocycles. The van der Waals surface area contributed by atoms with Crippen LogP contribution < -0.4 is 5.32 Å². The fourth-order valence-electron chi connectivity index (χ4n) is 1.56. The van der Waals surface area contributed by atoms with Crippen LogP contribution in [-0.2, 0) is 11.3 Å². The van der Waals surface area contributed by atoms with Crippen LogP contribution in [0.25, 0.3) is 0 Å². The van der Waals surface area contributed by atoms with E-state index in [9.17, 15) is 4.79 Å². The fraction of sp³-hybridized carbons (Fsp3) is 0.286. The minimum Gasteiger partial charge on any atom is -0.352 e. The first kappa shape index (κ1) is 13.7. The highest BCUT2D eigenvalue weighted by Crippen LogP contribution is 2.18. The summed E-state index contributed by atoms with van der Waals surface area (Å²) in [5.41, 5.74) is 2.24. The van der Waals surface area contributed by atoms with E-state index in [1.807, 2.05) is 0 Å². The van der Waals surface area contributed by atoms with Crippen LogP contribution in [0.2, 0.25) is 0 Å². The molecule has 0 aliphatic heterocycles. The molecule has 100 valence electrons. The second-order valence-corrected chi connectivity index (χ2v) is 5.46.